The van der Waals surface area contributed by atoms with E-state index in [2.05, 4.69) is 10.2 Å². The second kappa shape index (κ2) is 3.23. The van der Waals surface area contributed by atoms with E-state index >= 15 is 0 Å². The third kappa shape index (κ3) is 1.83. The predicted octanol–water partition coefficient (Wildman–Crippen LogP) is 1.32. The first-order valence-electron chi connectivity index (χ1n) is 3.53. The second-order valence-corrected chi connectivity index (χ2v) is 2.63. The van der Waals surface area contributed by atoms with E-state index in [9.17, 15) is 4.79 Å². The normalized spacial score (nSPS) is 10.1. The molecule has 3 nitrogen and oxygen atoms in total. The number of carbonyl (C=O) groups is 1. The smallest absolute Gasteiger partial charge is 0.185 e. The molecule has 0 bridgehead atoms. The van der Waals surface area contributed by atoms with Gasteiger partial charge in [-0.25, -0.2) is 0 Å². The van der Waals surface area contributed by atoms with Gasteiger partial charge in [-0.2, -0.15) is 5.10 Å². The molecule has 1 rings (SSSR count). The number of carbonyl (C=O) groups excluding carboxylic acids is 1. The molecule has 0 radical (unpaired) electrons. The summed E-state index contributed by atoms with van der Waals surface area (Å²) in [5.41, 5.74) is 0.447. The van der Waals surface area contributed by atoms with E-state index in [4.69, 9.17) is 0 Å². The van der Waals surface area contributed by atoms with Crippen molar-refractivity contribution in [2.75, 3.05) is 0 Å². The molecule has 1 aromatic heterocycles. The lowest BCUT2D eigenvalue weighted by atomic mass is 10.1. The van der Waals surface area contributed by atoms with E-state index < -0.39 is 0 Å². The van der Waals surface area contributed by atoms with Crippen LogP contribution in [0.1, 0.15) is 24.3 Å². The maximum Gasteiger partial charge on any atom is 0.185 e. The lowest BCUT2D eigenvalue weighted by molar-refractivity contribution is 0.0933. The Labute approximate surface area is 65.5 Å². The van der Waals surface area contributed by atoms with Gasteiger partial charge < -0.3 is 0 Å². The van der Waals surface area contributed by atoms with Gasteiger partial charge in [-0.1, -0.05) is 13.8 Å². The zero-order valence-corrected chi connectivity index (χ0v) is 6.61. The minimum absolute atomic E-state index is 0.00769. The van der Waals surface area contributed by atoms with Crippen LogP contribution in [0, 0.1) is 5.92 Å². The third-order valence-corrected chi connectivity index (χ3v) is 1.35. The number of aromatic nitrogens is 2. The molecule has 0 fully saturated rings. The van der Waals surface area contributed by atoms with Crippen molar-refractivity contribution < 1.29 is 4.79 Å². The lowest BCUT2D eigenvalue weighted by Gasteiger charge is -1.99. The van der Waals surface area contributed by atoms with E-state index in [1.165, 1.54) is 0 Å². The van der Waals surface area contributed by atoms with Crippen LogP contribution in [0.15, 0.2) is 18.3 Å². The van der Waals surface area contributed by atoms with Gasteiger partial charge in [0.1, 0.15) is 5.69 Å². The molecule has 0 amide bonds. The molecule has 0 unspecified atom stereocenters. The summed E-state index contributed by atoms with van der Waals surface area (Å²) in [6.45, 7) is 3.69. The Kier molecular flexibility index (Phi) is 2.31. The maximum absolute atomic E-state index is 11.2. The number of hydrogen-bond acceptors (Lipinski definition) is 3. The average Bonchev–Trinajstić information content (AvgIpc) is 2.05. The van der Waals surface area contributed by atoms with Crippen LogP contribution < -0.4 is 0 Å². The Balaban J connectivity index is 2.86. The molecule has 0 spiro atoms. The third-order valence-electron chi connectivity index (χ3n) is 1.35. The molecule has 58 valence electrons. The molecule has 1 heterocycles. The van der Waals surface area contributed by atoms with Crippen molar-refractivity contribution in [2.24, 2.45) is 5.92 Å². The topological polar surface area (TPSA) is 42.9 Å². The summed E-state index contributed by atoms with van der Waals surface area (Å²) in [5, 5.41) is 7.32. The van der Waals surface area contributed by atoms with Crippen molar-refractivity contribution in [3.63, 3.8) is 0 Å². The molecular weight excluding hydrogens is 140 g/mol. The molecule has 0 atom stereocenters. The molecule has 0 N–H and O–H groups in total. The first kappa shape index (κ1) is 7.85. The highest BCUT2D eigenvalue weighted by Crippen LogP contribution is 2.02. The number of nitrogens with zero attached hydrogens (tertiary/aromatic N) is 2. The van der Waals surface area contributed by atoms with Gasteiger partial charge in [0.25, 0.3) is 0 Å². The Morgan fingerprint density at radius 3 is 2.73 bits per heavy atom. The van der Waals surface area contributed by atoms with Crippen molar-refractivity contribution >= 4 is 5.78 Å². The van der Waals surface area contributed by atoms with Crippen LogP contribution in [0.5, 0.6) is 0 Å². The molecule has 11 heavy (non-hydrogen) atoms. The molecule has 0 aromatic carbocycles. The Hall–Kier alpha value is -1.25. The van der Waals surface area contributed by atoms with Gasteiger partial charge in [-0.15, -0.1) is 5.10 Å². The van der Waals surface area contributed by atoms with E-state index in [0.717, 1.165) is 0 Å². The molecule has 1 aromatic rings. The Bertz CT molecular complexity index is 244. The zero-order valence-electron chi connectivity index (χ0n) is 6.61. The van der Waals surface area contributed by atoms with Crippen molar-refractivity contribution in [2.45, 2.75) is 13.8 Å². The van der Waals surface area contributed by atoms with Crippen LogP contribution in [-0.2, 0) is 0 Å². The summed E-state index contributed by atoms with van der Waals surface area (Å²) in [6.07, 6.45) is 1.55. The standard InChI is InChI=1S/C8H10N2O/c1-6(2)8(11)7-4-3-5-9-10-7/h3-6H,1-2H3. The van der Waals surface area contributed by atoms with Crippen molar-refractivity contribution in [1.29, 1.82) is 0 Å². The summed E-state index contributed by atoms with van der Waals surface area (Å²) in [6, 6.07) is 3.39. The first-order chi connectivity index (χ1) is 5.22. The highest BCUT2D eigenvalue weighted by molar-refractivity contribution is 5.95. The summed E-state index contributed by atoms with van der Waals surface area (Å²) in [4.78, 5) is 11.2. The van der Waals surface area contributed by atoms with Gasteiger partial charge in [-0.3, -0.25) is 4.79 Å². The van der Waals surface area contributed by atoms with Crippen molar-refractivity contribution in [3.8, 4) is 0 Å². The molecule has 0 saturated carbocycles. The van der Waals surface area contributed by atoms with Gasteiger partial charge in [-0.05, 0) is 12.1 Å². The number of rotatable bonds is 2. The molecule has 0 saturated heterocycles. The highest BCUT2D eigenvalue weighted by atomic mass is 16.1. The Morgan fingerprint density at radius 2 is 2.27 bits per heavy atom. The van der Waals surface area contributed by atoms with Crippen LogP contribution in [0.4, 0.5) is 0 Å². The minimum atomic E-state index is -0.00769. The monoisotopic (exact) mass is 150 g/mol. The molecule has 0 aliphatic rings. The number of Topliss-reactive ketones (excluding diaryl/α,β-unsaturated/α-hetero) is 1. The predicted molar refractivity (Wildman–Crippen MR) is 41.2 cm³/mol. The van der Waals surface area contributed by atoms with E-state index in [1.807, 2.05) is 13.8 Å². The molecular formula is C8H10N2O. The highest BCUT2D eigenvalue weighted by Gasteiger charge is 2.10. The lowest BCUT2D eigenvalue weighted by Crippen LogP contribution is -2.09. The van der Waals surface area contributed by atoms with Gasteiger partial charge >= 0.3 is 0 Å². The van der Waals surface area contributed by atoms with Crippen LogP contribution in [0.25, 0.3) is 0 Å². The minimum Gasteiger partial charge on any atom is -0.292 e. The van der Waals surface area contributed by atoms with E-state index in [1.54, 1.807) is 18.3 Å². The van der Waals surface area contributed by atoms with E-state index in [0.29, 0.717) is 5.69 Å². The second-order valence-electron chi connectivity index (χ2n) is 2.63. The fourth-order valence-corrected chi connectivity index (χ4v) is 0.729. The number of ketones is 1. The van der Waals surface area contributed by atoms with Crippen molar-refractivity contribution in [3.05, 3.63) is 24.0 Å². The van der Waals surface area contributed by atoms with Crippen molar-refractivity contribution in [1.82, 2.24) is 10.2 Å². The van der Waals surface area contributed by atoms with Crippen LogP contribution >= 0.6 is 0 Å². The molecule has 0 aliphatic heterocycles. The molecule has 3 heteroatoms. The van der Waals surface area contributed by atoms with Crippen LogP contribution in [0.3, 0.4) is 0 Å². The molecule has 0 aliphatic carbocycles. The summed E-state index contributed by atoms with van der Waals surface area (Å²) in [7, 11) is 0. The van der Waals surface area contributed by atoms with Gasteiger partial charge in [0.05, 0.1) is 0 Å². The van der Waals surface area contributed by atoms with Gasteiger partial charge in [0.15, 0.2) is 5.78 Å². The summed E-state index contributed by atoms with van der Waals surface area (Å²) >= 11 is 0. The largest absolute Gasteiger partial charge is 0.292 e. The van der Waals surface area contributed by atoms with Crippen LogP contribution in [-0.4, -0.2) is 16.0 Å². The van der Waals surface area contributed by atoms with Gasteiger partial charge in [0, 0.05) is 12.1 Å². The summed E-state index contributed by atoms with van der Waals surface area (Å²) in [5.74, 6) is 0.0322. The maximum atomic E-state index is 11.2. The summed E-state index contributed by atoms with van der Waals surface area (Å²) < 4.78 is 0. The quantitative estimate of drug-likeness (QED) is 0.597. The van der Waals surface area contributed by atoms with E-state index in [-0.39, 0.29) is 11.7 Å². The fraction of sp³-hybridized carbons (Fsp3) is 0.375. The average molecular weight is 150 g/mol. The first-order valence-corrected chi connectivity index (χ1v) is 3.53. The number of hydrogen-bond donors (Lipinski definition) is 0. The fourth-order valence-electron chi connectivity index (χ4n) is 0.729. The zero-order chi connectivity index (χ0) is 8.27. The SMILES string of the molecule is CC(C)C(=O)c1cccnn1. The Morgan fingerprint density at radius 1 is 1.55 bits per heavy atom. The van der Waals surface area contributed by atoms with Crippen LogP contribution in [0.2, 0.25) is 0 Å². The van der Waals surface area contributed by atoms with Gasteiger partial charge in [0.2, 0.25) is 0 Å².